The largest absolute Gasteiger partial charge is 0.370 e. The summed E-state index contributed by atoms with van der Waals surface area (Å²) in [7, 11) is 2.04. The van der Waals surface area contributed by atoms with Crippen molar-refractivity contribution >= 4 is 29.9 Å². The third-order valence-corrected chi connectivity index (χ3v) is 3.67. The second-order valence-corrected chi connectivity index (χ2v) is 5.66. The minimum atomic E-state index is 0. The average Bonchev–Trinajstić information content (AvgIpc) is 2.96. The molecular weight excluding hydrogens is 313 g/mol. The standard InChI is InChI=1S/C12H25N3.HI/c1-9(2)12(3,4)8-14-11(13)15(5)10-6-7-10;/h9-10H,6-8H2,1-5H3,(H2,13,14);1H. The fourth-order valence-electron chi connectivity index (χ4n) is 1.23. The molecule has 1 saturated carbocycles. The second-order valence-electron chi connectivity index (χ2n) is 5.66. The van der Waals surface area contributed by atoms with Gasteiger partial charge in [0.1, 0.15) is 0 Å². The lowest BCUT2D eigenvalue weighted by atomic mass is 9.81. The molecular formula is C12H26IN3. The summed E-state index contributed by atoms with van der Waals surface area (Å²) < 4.78 is 0. The highest BCUT2D eigenvalue weighted by Crippen LogP contribution is 2.27. The van der Waals surface area contributed by atoms with Gasteiger partial charge in [-0.2, -0.15) is 0 Å². The number of aliphatic imine (C=N–C) groups is 1. The molecule has 1 rings (SSSR count). The predicted octanol–water partition coefficient (Wildman–Crippen LogP) is 2.70. The van der Waals surface area contributed by atoms with Gasteiger partial charge >= 0.3 is 0 Å². The smallest absolute Gasteiger partial charge is 0.191 e. The maximum atomic E-state index is 5.94. The first-order valence-corrected chi connectivity index (χ1v) is 5.87. The van der Waals surface area contributed by atoms with Crippen molar-refractivity contribution in [1.29, 1.82) is 0 Å². The Labute approximate surface area is 117 Å². The molecule has 16 heavy (non-hydrogen) atoms. The topological polar surface area (TPSA) is 41.6 Å². The maximum absolute atomic E-state index is 5.94. The minimum Gasteiger partial charge on any atom is -0.370 e. The van der Waals surface area contributed by atoms with Gasteiger partial charge in [-0.15, -0.1) is 24.0 Å². The fourth-order valence-corrected chi connectivity index (χ4v) is 1.23. The lowest BCUT2D eigenvalue weighted by Gasteiger charge is -2.28. The second kappa shape index (κ2) is 6.07. The van der Waals surface area contributed by atoms with E-state index in [9.17, 15) is 0 Å². The zero-order valence-corrected chi connectivity index (χ0v) is 13.5. The molecule has 3 nitrogen and oxygen atoms in total. The van der Waals surface area contributed by atoms with Gasteiger partial charge in [-0.3, -0.25) is 4.99 Å². The first-order valence-electron chi connectivity index (χ1n) is 5.87. The van der Waals surface area contributed by atoms with Gasteiger partial charge in [0.25, 0.3) is 0 Å². The normalized spacial score (nSPS) is 17.2. The Morgan fingerprint density at radius 3 is 2.31 bits per heavy atom. The highest BCUT2D eigenvalue weighted by Gasteiger charge is 2.28. The zero-order chi connectivity index (χ0) is 11.6. The number of nitrogens with zero attached hydrogens (tertiary/aromatic N) is 2. The van der Waals surface area contributed by atoms with Gasteiger partial charge < -0.3 is 10.6 Å². The first-order chi connectivity index (χ1) is 6.84. The number of hydrogen-bond donors (Lipinski definition) is 1. The lowest BCUT2D eigenvalue weighted by molar-refractivity contribution is 0.260. The monoisotopic (exact) mass is 339 g/mol. The molecule has 1 aliphatic rings. The number of nitrogens with two attached hydrogens (primary N) is 1. The minimum absolute atomic E-state index is 0. The van der Waals surface area contributed by atoms with Crippen LogP contribution in [-0.2, 0) is 0 Å². The van der Waals surface area contributed by atoms with Crippen molar-refractivity contribution in [1.82, 2.24) is 4.90 Å². The lowest BCUT2D eigenvalue weighted by Crippen LogP contribution is -2.37. The summed E-state index contributed by atoms with van der Waals surface area (Å²) >= 11 is 0. The molecule has 96 valence electrons. The summed E-state index contributed by atoms with van der Waals surface area (Å²) in [5.41, 5.74) is 6.17. The van der Waals surface area contributed by atoms with Crippen LogP contribution in [0.2, 0.25) is 0 Å². The highest BCUT2D eigenvalue weighted by atomic mass is 127. The van der Waals surface area contributed by atoms with Gasteiger partial charge in [-0.25, -0.2) is 0 Å². The quantitative estimate of drug-likeness (QED) is 0.486. The van der Waals surface area contributed by atoms with Crippen molar-refractivity contribution in [2.45, 2.75) is 46.6 Å². The Kier molecular flexibility index (Phi) is 6.07. The Morgan fingerprint density at radius 2 is 1.94 bits per heavy atom. The molecule has 0 aromatic heterocycles. The van der Waals surface area contributed by atoms with Crippen molar-refractivity contribution < 1.29 is 0 Å². The molecule has 4 heteroatoms. The van der Waals surface area contributed by atoms with Crippen molar-refractivity contribution in [2.75, 3.05) is 13.6 Å². The van der Waals surface area contributed by atoms with Crippen LogP contribution in [0, 0.1) is 11.3 Å². The highest BCUT2D eigenvalue weighted by molar-refractivity contribution is 14.0. The van der Waals surface area contributed by atoms with E-state index >= 15 is 0 Å². The molecule has 0 spiro atoms. The Bertz CT molecular complexity index is 245. The van der Waals surface area contributed by atoms with E-state index in [2.05, 4.69) is 37.6 Å². The van der Waals surface area contributed by atoms with E-state index in [0.29, 0.717) is 17.9 Å². The van der Waals surface area contributed by atoms with Crippen LogP contribution < -0.4 is 5.73 Å². The van der Waals surface area contributed by atoms with E-state index in [-0.39, 0.29) is 29.4 Å². The van der Waals surface area contributed by atoms with Gasteiger partial charge in [-0.05, 0) is 24.2 Å². The van der Waals surface area contributed by atoms with Crippen molar-refractivity contribution in [3.63, 3.8) is 0 Å². The number of hydrogen-bond acceptors (Lipinski definition) is 1. The van der Waals surface area contributed by atoms with Gasteiger partial charge in [0.05, 0.1) is 0 Å². The zero-order valence-electron chi connectivity index (χ0n) is 11.2. The van der Waals surface area contributed by atoms with Crippen LogP contribution in [0.15, 0.2) is 4.99 Å². The maximum Gasteiger partial charge on any atom is 0.191 e. The summed E-state index contributed by atoms with van der Waals surface area (Å²) in [6, 6.07) is 0.649. The van der Waals surface area contributed by atoms with Crippen LogP contribution >= 0.6 is 24.0 Å². The van der Waals surface area contributed by atoms with E-state index in [1.54, 1.807) is 0 Å². The summed E-state index contributed by atoms with van der Waals surface area (Å²) in [5, 5.41) is 0. The number of rotatable bonds is 4. The molecule has 0 heterocycles. The Hall–Kier alpha value is 0. The van der Waals surface area contributed by atoms with E-state index in [1.807, 2.05) is 7.05 Å². The third kappa shape index (κ3) is 4.47. The van der Waals surface area contributed by atoms with Crippen molar-refractivity contribution in [3.8, 4) is 0 Å². The average molecular weight is 339 g/mol. The molecule has 0 unspecified atom stereocenters. The van der Waals surface area contributed by atoms with E-state index in [1.165, 1.54) is 12.8 Å². The van der Waals surface area contributed by atoms with Crippen molar-refractivity contribution in [3.05, 3.63) is 0 Å². The van der Waals surface area contributed by atoms with E-state index in [0.717, 1.165) is 6.54 Å². The third-order valence-electron chi connectivity index (χ3n) is 3.67. The van der Waals surface area contributed by atoms with Crippen LogP contribution in [0.5, 0.6) is 0 Å². The van der Waals surface area contributed by atoms with Crippen LogP contribution in [-0.4, -0.2) is 30.5 Å². The summed E-state index contributed by atoms with van der Waals surface area (Å²) in [4.78, 5) is 6.61. The van der Waals surface area contributed by atoms with Gasteiger partial charge in [-0.1, -0.05) is 27.7 Å². The molecule has 0 radical (unpaired) electrons. The molecule has 0 atom stereocenters. The molecule has 0 aromatic rings. The van der Waals surface area contributed by atoms with Gasteiger partial charge in [0.2, 0.25) is 0 Å². The fraction of sp³-hybridized carbons (Fsp3) is 0.917. The first kappa shape index (κ1) is 16.0. The molecule has 0 aromatic carbocycles. The summed E-state index contributed by atoms with van der Waals surface area (Å²) in [6.07, 6.45) is 2.53. The molecule has 0 bridgehead atoms. The number of guanidine groups is 1. The SMILES string of the molecule is CC(C)C(C)(C)CN=C(N)N(C)C1CC1.I. The van der Waals surface area contributed by atoms with Gasteiger partial charge in [0, 0.05) is 19.6 Å². The van der Waals surface area contributed by atoms with Crippen molar-refractivity contribution in [2.24, 2.45) is 22.1 Å². The Balaban J connectivity index is 0.00000225. The van der Waals surface area contributed by atoms with E-state index in [4.69, 9.17) is 5.73 Å². The predicted molar refractivity (Wildman–Crippen MR) is 81.3 cm³/mol. The number of halogens is 1. The molecule has 0 saturated heterocycles. The van der Waals surface area contributed by atoms with Crippen LogP contribution in [0.4, 0.5) is 0 Å². The molecule has 1 aliphatic carbocycles. The van der Waals surface area contributed by atoms with Crippen LogP contribution in [0.25, 0.3) is 0 Å². The summed E-state index contributed by atoms with van der Waals surface area (Å²) in [6.45, 7) is 9.76. The molecule has 0 aliphatic heterocycles. The molecule has 2 N–H and O–H groups in total. The summed E-state index contributed by atoms with van der Waals surface area (Å²) in [5.74, 6) is 1.33. The van der Waals surface area contributed by atoms with Gasteiger partial charge in [0.15, 0.2) is 5.96 Å². The van der Waals surface area contributed by atoms with Crippen LogP contribution in [0.1, 0.15) is 40.5 Å². The Morgan fingerprint density at radius 1 is 1.44 bits per heavy atom. The van der Waals surface area contributed by atoms with E-state index < -0.39 is 0 Å². The molecule has 1 fully saturated rings. The van der Waals surface area contributed by atoms with Crippen LogP contribution in [0.3, 0.4) is 0 Å². The molecule has 0 amide bonds.